The summed E-state index contributed by atoms with van der Waals surface area (Å²) in [5.74, 6) is 1.21. The zero-order valence-corrected chi connectivity index (χ0v) is 11.0. The van der Waals surface area contributed by atoms with Gasteiger partial charge in [0, 0.05) is 12.8 Å². The number of hydrogen-bond acceptors (Lipinski definition) is 2. The van der Waals surface area contributed by atoms with E-state index in [1.807, 2.05) is 18.2 Å². The number of Topliss-reactive ketones (excluding diaryl/α,β-unsaturated/α-hetero) is 1. The number of rotatable bonds is 3. The fraction of sp³-hybridized carbons (Fsp3) is 0.235. The largest absolute Gasteiger partial charge is 0.493 e. The lowest BCUT2D eigenvalue weighted by atomic mass is 10.00. The molecule has 0 aromatic heterocycles. The Kier molecular flexibility index (Phi) is 3.08. The van der Waals surface area contributed by atoms with Crippen LogP contribution in [0.2, 0.25) is 0 Å². The third-order valence-electron chi connectivity index (χ3n) is 3.43. The highest BCUT2D eigenvalue weighted by atomic mass is 16.5. The Hall–Kier alpha value is -2.09. The minimum atomic E-state index is 0.197. The van der Waals surface area contributed by atoms with E-state index in [1.165, 1.54) is 16.7 Å². The monoisotopic (exact) mass is 252 g/mol. The molecule has 0 saturated carbocycles. The molecule has 3 rings (SSSR count). The predicted octanol–water partition coefficient (Wildman–Crippen LogP) is 3.42. The van der Waals surface area contributed by atoms with Gasteiger partial charge in [-0.3, -0.25) is 4.79 Å². The standard InChI is InChI=1S/C17H16O2/c1-12(18)10-13-2-4-14(5-3-13)15-6-7-17-16(11-15)8-9-19-17/h2-7,11H,8-10H2,1H3. The van der Waals surface area contributed by atoms with E-state index in [9.17, 15) is 4.79 Å². The van der Waals surface area contributed by atoms with Crippen molar-refractivity contribution in [2.75, 3.05) is 6.61 Å². The summed E-state index contributed by atoms with van der Waals surface area (Å²) in [6, 6.07) is 14.5. The number of ether oxygens (including phenoxy) is 1. The first kappa shape index (κ1) is 12.0. The molecular weight excluding hydrogens is 236 g/mol. The molecule has 19 heavy (non-hydrogen) atoms. The molecule has 1 heterocycles. The average molecular weight is 252 g/mol. The number of carbonyl (C=O) groups excluding carboxylic acids is 1. The van der Waals surface area contributed by atoms with E-state index >= 15 is 0 Å². The lowest BCUT2D eigenvalue weighted by Gasteiger charge is -2.05. The molecule has 0 radical (unpaired) electrons. The fourth-order valence-electron chi connectivity index (χ4n) is 2.47. The molecule has 2 aromatic carbocycles. The quantitative estimate of drug-likeness (QED) is 0.836. The molecule has 2 nitrogen and oxygen atoms in total. The van der Waals surface area contributed by atoms with Crippen LogP contribution in [0.5, 0.6) is 5.75 Å². The minimum absolute atomic E-state index is 0.197. The van der Waals surface area contributed by atoms with Crippen LogP contribution >= 0.6 is 0 Å². The molecule has 0 fully saturated rings. The summed E-state index contributed by atoms with van der Waals surface area (Å²) in [5.41, 5.74) is 4.74. The van der Waals surface area contributed by atoms with Crippen molar-refractivity contribution in [3.63, 3.8) is 0 Å². The highest BCUT2D eigenvalue weighted by Gasteiger charge is 2.12. The Morgan fingerprint density at radius 3 is 2.58 bits per heavy atom. The van der Waals surface area contributed by atoms with Crippen molar-refractivity contribution in [1.82, 2.24) is 0 Å². The topological polar surface area (TPSA) is 26.3 Å². The van der Waals surface area contributed by atoms with E-state index < -0.39 is 0 Å². The molecule has 1 aliphatic rings. The summed E-state index contributed by atoms with van der Waals surface area (Å²) in [5, 5.41) is 0. The van der Waals surface area contributed by atoms with Gasteiger partial charge in [-0.15, -0.1) is 0 Å². The summed E-state index contributed by atoms with van der Waals surface area (Å²) in [6.07, 6.45) is 1.50. The third kappa shape index (κ3) is 2.53. The smallest absolute Gasteiger partial charge is 0.134 e. The van der Waals surface area contributed by atoms with Crippen molar-refractivity contribution < 1.29 is 9.53 Å². The second kappa shape index (κ2) is 4.88. The maximum Gasteiger partial charge on any atom is 0.134 e. The Morgan fingerprint density at radius 2 is 1.84 bits per heavy atom. The van der Waals surface area contributed by atoms with Gasteiger partial charge in [0.1, 0.15) is 11.5 Å². The van der Waals surface area contributed by atoms with E-state index in [0.29, 0.717) is 6.42 Å². The van der Waals surface area contributed by atoms with Gasteiger partial charge in [0.05, 0.1) is 6.61 Å². The highest BCUT2D eigenvalue weighted by Crippen LogP contribution is 2.30. The van der Waals surface area contributed by atoms with Gasteiger partial charge in [0.15, 0.2) is 0 Å². The Labute approximate surface area is 113 Å². The molecule has 0 amide bonds. The van der Waals surface area contributed by atoms with Crippen molar-refractivity contribution in [3.05, 3.63) is 53.6 Å². The SMILES string of the molecule is CC(=O)Cc1ccc(-c2ccc3c(c2)CCO3)cc1. The summed E-state index contributed by atoms with van der Waals surface area (Å²) < 4.78 is 5.51. The molecule has 0 aliphatic carbocycles. The summed E-state index contributed by atoms with van der Waals surface area (Å²) in [7, 11) is 0. The zero-order chi connectivity index (χ0) is 13.2. The number of fused-ring (bicyclic) bond motifs is 1. The van der Waals surface area contributed by atoms with Gasteiger partial charge < -0.3 is 4.74 Å². The Morgan fingerprint density at radius 1 is 1.11 bits per heavy atom. The third-order valence-corrected chi connectivity index (χ3v) is 3.43. The Balaban J connectivity index is 1.88. The molecule has 0 saturated heterocycles. The molecule has 96 valence electrons. The molecule has 0 spiro atoms. The van der Waals surface area contributed by atoms with Crippen LogP contribution < -0.4 is 4.74 Å². The van der Waals surface area contributed by atoms with E-state index in [1.54, 1.807) is 6.92 Å². The maximum atomic E-state index is 11.1. The van der Waals surface area contributed by atoms with E-state index in [-0.39, 0.29) is 5.78 Å². The van der Waals surface area contributed by atoms with Gasteiger partial charge in [0.2, 0.25) is 0 Å². The van der Waals surface area contributed by atoms with Crippen molar-refractivity contribution in [2.24, 2.45) is 0 Å². The van der Waals surface area contributed by atoms with Gasteiger partial charge in [0.25, 0.3) is 0 Å². The van der Waals surface area contributed by atoms with Crippen LogP contribution in [-0.4, -0.2) is 12.4 Å². The first-order valence-electron chi connectivity index (χ1n) is 6.57. The van der Waals surface area contributed by atoms with Crippen LogP contribution in [0, 0.1) is 0 Å². The van der Waals surface area contributed by atoms with Crippen LogP contribution in [0.1, 0.15) is 18.1 Å². The summed E-state index contributed by atoms with van der Waals surface area (Å²) >= 11 is 0. The lowest BCUT2D eigenvalue weighted by Crippen LogP contribution is -1.95. The molecule has 0 N–H and O–H groups in total. The van der Waals surface area contributed by atoms with Crippen molar-refractivity contribution >= 4 is 5.78 Å². The van der Waals surface area contributed by atoms with Crippen LogP contribution in [0.3, 0.4) is 0 Å². The van der Waals surface area contributed by atoms with E-state index in [0.717, 1.165) is 24.3 Å². The first-order chi connectivity index (χ1) is 9.22. The van der Waals surface area contributed by atoms with Crippen molar-refractivity contribution in [2.45, 2.75) is 19.8 Å². The van der Waals surface area contributed by atoms with Crippen LogP contribution in [0.15, 0.2) is 42.5 Å². The molecule has 0 unspecified atom stereocenters. The number of benzene rings is 2. The molecule has 1 aliphatic heterocycles. The molecular formula is C17H16O2. The van der Waals surface area contributed by atoms with Crippen LogP contribution in [0.4, 0.5) is 0 Å². The highest BCUT2D eigenvalue weighted by molar-refractivity contribution is 5.78. The molecule has 2 heteroatoms. The van der Waals surface area contributed by atoms with E-state index in [2.05, 4.69) is 24.3 Å². The van der Waals surface area contributed by atoms with Gasteiger partial charge >= 0.3 is 0 Å². The number of ketones is 1. The van der Waals surface area contributed by atoms with Gasteiger partial charge in [-0.25, -0.2) is 0 Å². The Bertz CT molecular complexity index is 612. The molecule has 2 aromatic rings. The van der Waals surface area contributed by atoms with E-state index in [4.69, 9.17) is 4.74 Å². The summed E-state index contributed by atoms with van der Waals surface area (Å²) in [6.45, 7) is 2.41. The van der Waals surface area contributed by atoms with Crippen molar-refractivity contribution in [1.29, 1.82) is 0 Å². The first-order valence-corrected chi connectivity index (χ1v) is 6.57. The second-order valence-electron chi connectivity index (χ2n) is 5.00. The number of hydrogen-bond donors (Lipinski definition) is 0. The van der Waals surface area contributed by atoms with Crippen LogP contribution in [0.25, 0.3) is 11.1 Å². The average Bonchev–Trinajstić information content (AvgIpc) is 2.86. The lowest BCUT2D eigenvalue weighted by molar-refractivity contribution is -0.116. The predicted molar refractivity (Wildman–Crippen MR) is 75.5 cm³/mol. The fourth-order valence-corrected chi connectivity index (χ4v) is 2.47. The number of carbonyl (C=O) groups is 1. The zero-order valence-electron chi connectivity index (χ0n) is 11.0. The second-order valence-corrected chi connectivity index (χ2v) is 5.00. The maximum absolute atomic E-state index is 11.1. The van der Waals surface area contributed by atoms with Crippen molar-refractivity contribution in [3.8, 4) is 16.9 Å². The van der Waals surface area contributed by atoms with Gasteiger partial charge in [-0.1, -0.05) is 30.3 Å². The summed E-state index contributed by atoms with van der Waals surface area (Å²) in [4.78, 5) is 11.1. The normalized spacial score (nSPS) is 12.9. The molecule has 0 bridgehead atoms. The van der Waals surface area contributed by atoms with Crippen LogP contribution in [-0.2, 0) is 17.6 Å². The van der Waals surface area contributed by atoms with Gasteiger partial charge in [-0.2, -0.15) is 0 Å². The van der Waals surface area contributed by atoms with Gasteiger partial charge in [-0.05, 0) is 41.3 Å². The minimum Gasteiger partial charge on any atom is -0.493 e. The molecule has 0 atom stereocenters.